The van der Waals surface area contributed by atoms with E-state index >= 15 is 0 Å². The molecule has 1 N–H and O–H groups in total. The van der Waals surface area contributed by atoms with Gasteiger partial charge in [-0.2, -0.15) is 0 Å². The second kappa shape index (κ2) is 9.47. The maximum atomic E-state index is 5.48. The summed E-state index contributed by atoms with van der Waals surface area (Å²) in [5.74, 6) is 6.01. The highest BCUT2D eigenvalue weighted by Gasteiger charge is 2.17. The number of likely N-dealkylation sites (tertiary alicyclic amines) is 1. The number of ether oxygens (including phenoxy) is 1. The minimum absolute atomic E-state index is 0.585. The second-order valence-corrected chi connectivity index (χ2v) is 4.43. The zero-order valence-electron chi connectivity index (χ0n) is 11.3. The summed E-state index contributed by atoms with van der Waals surface area (Å²) in [5.41, 5.74) is 0. The quantitative estimate of drug-likeness (QED) is 0.560. The summed E-state index contributed by atoms with van der Waals surface area (Å²) in [4.78, 5) is 2.49. The summed E-state index contributed by atoms with van der Waals surface area (Å²) in [5, 5.41) is 3.52. The van der Waals surface area contributed by atoms with Gasteiger partial charge < -0.3 is 15.0 Å². The van der Waals surface area contributed by atoms with E-state index in [-0.39, 0.29) is 0 Å². The van der Waals surface area contributed by atoms with E-state index in [9.17, 15) is 0 Å². The van der Waals surface area contributed by atoms with E-state index in [1.807, 2.05) is 0 Å². The van der Waals surface area contributed by atoms with Crippen molar-refractivity contribution in [3.63, 3.8) is 0 Å². The Kier molecular flexibility index (Phi) is 8.08. The van der Waals surface area contributed by atoms with E-state index in [2.05, 4.69) is 35.9 Å². The van der Waals surface area contributed by atoms with Crippen molar-refractivity contribution in [3.05, 3.63) is 0 Å². The van der Waals surface area contributed by atoms with Gasteiger partial charge in [0.25, 0.3) is 0 Å². The van der Waals surface area contributed by atoms with Crippen molar-refractivity contribution in [1.29, 1.82) is 0 Å². The van der Waals surface area contributed by atoms with Gasteiger partial charge in [0, 0.05) is 19.0 Å². The molecule has 1 aliphatic heterocycles. The molecule has 98 valence electrons. The van der Waals surface area contributed by atoms with E-state index in [1.54, 1.807) is 0 Å². The summed E-state index contributed by atoms with van der Waals surface area (Å²) in [7, 11) is 0. The smallest absolute Gasteiger partial charge is 0.107 e. The lowest BCUT2D eigenvalue weighted by molar-refractivity contribution is 0.111. The van der Waals surface area contributed by atoms with Crippen LogP contribution < -0.4 is 5.32 Å². The van der Waals surface area contributed by atoms with Gasteiger partial charge in [-0.15, -0.1) is 5.92 Å². The van der Waals surface area contributed by atoms with E-state index in [0.717, 1.165) is 32.2 Å². The minimum Gasteiger partial charge on any atom is -0.367 e. The molecule has 3 heteroatoms. The molecule has 1 saturated heterocycles. The molecular formula is C14H26N2O. The van der Waals surface area contributed by atoms with E-state index in [4.69, 9.17) is 4.74 Å². The lowest BCUT2D eigenvalue weighted by atomic mass is 10.1. The molecule has 1 aliphatic rings. The van der Waals surface area contributed by atoms with Crippen LogP contribution in [0.3, 0.4) is 0 Å². The molecule has 17 heavy (non-hydrogen) atoms. The van der Waals surface area contributed by atoms with Gasteiger partial charge in [0.2, 0.25) is 0 Å². The first-order chi connectivity index (χ1) is 8.36. The van der Waals surface area contributed by atoms with Crippen molar-refractivity contribution in [3.8, 4) is 11.8 Å². The topological polar surface area (TPSA) is 24.5 Å². The molecule has 0 aromatic carbocycles. The van der Waals surface area contributed by atoms with Gasteiger partial charge in [0.05, 0.1) is 6.61 Å². The molecule has 1 rings (SSSR count). The summed E-state index contributed by atoms with van der Waals surface area (Å²) in [6, 6.07) is 0.729. The molecule has 1 fully saturated rings. The molecule has 3 nitrogen and oxygen atoms in total. The Hall–Kier alpha value is -0.560. The Balaban J connectivity index is 1.98. The maximum Gasteiger partial charge on any atom is 0.107 e. The summed E-state index contributed by atoms with van der Waals surface area (Å²) < 4.78 is 5.48. The molecule has 0 amide bonds. The van der Waals surface area contributed by atoms with Crippen LogP contribution >= 0.6 is 0 Å². The first-order valence-corrected chi connectivity index (χ1v) is 6.86. The summed E-state index contributed by atoms with van der Waals surface area (Å²) in [6.45, 7) is 10.2. The molecule has 0 unspecified atom stereocenters. The van der Waals surface area contributed by atoms with Crippen molar-refractivity contribution < 1.29 is 4.74 Å². The van der Waals surface area contributed by atoms with Gasteiger partial charge in [-0.1, -0.05) is 19.8 Å². The first-order valence-electron chi connectivity index (χ1n) is 6.86. The lowest BCUT2D eigenvalue weighted by Crippen LogP contribution is -2.43. The monoisotopic (exact) mass is 238 g/mol. The van der Waals surface area contributed by atoms with Gasteiger partial charge >= 0.3 is 0 Å². The third-order valence-electron chi connectivity index (χ3n) is 3.11. The highest BCUT2D eigenvalue weighted by Crippen LogP contribution is 2.09. The number of hydrogen-bond donors (Lipinski definition) is 1. The number of rotatable bonds is 6. The Morgan fingerprint density at radius 2 is 2.00 bits per heavy atom. The zero-order chi connectivity index (χ0) is 12.3. The van der Waals surface area contributed by atoms with E-state index < -0.39 is 0 Å². The highest BCUT2D eigenvalue weighted by atomic mass is 16.5. The lowest BCUT2D eigenvalue weighted by Gasteiger charge is -2.32. The van der Waals surface area contributed by atoms with Gasteiger partial charge in [-0.3, -0.25) is 0 Å². The fourth-order valence-electron chi connectivity index (χ4n) is 2.14. The minimum atomic E-state index is 0.585. The number of nitrogens with one attached hydrogen (secondary N) is 1. The van der Waals surface area contributed by atoms with E-state index in [1.165, 1.54) is 25.9 Å². The highest BCUT2D eigenvalue weighted by molar-refractivity contribution is 4.97. The van der Waals surface area contributed by atoms with Crippen LogP contribution in [0.25, 0.3) is 0 Å². The maximum absolute atomic E-state index is 5.48. The van der Waals surface area contributed by atoms with Gasteiger partial charge in [-0.25, -0.2) is 0 Å². The molecule has 1 heterocycles. The number of hydrogen-bond acceptors (Lipinski definition) is 3. The van der Waals surface area contributed by atoms with Gasteiger partial charge in [0.15, 0.2) is 0 Å². The van der Waals surface area contributed by atoms with Crippen molar-refractivity contribution in [1.82, 2.24) is 10.2 Å². The summed E-state index contributed by atoms with van der Waals surface area (Å²) >= 11 is 0. The molecule has 0 spiro atoms. The van der Waals surface area contributed by atoms with Crippen molar-refractivity contribution in [2.45, 2.75) is 39.2 Å². The molecule has 0 aromatic heterocycles. The average molecular weight is 238 g/mol. The Morgan fingerprint density at radius 1 is 1.24 bits per heavy atom. The Bertz CT molecular complexity index is 236. The van der Waals surface area contributed by atoms with Crippen LogP contribution in [-0.4, -0.2) is 50.3 Å². The molecule has 0 aromatic rings. The first kappa shape index (κ1) is 14.5. The van der Waals surface area contributed by atoms with E-state index in [0.29, 0.717) is 6.61 Å². The Labute approximate surface area is 106 Å². The van der Waals surface area contributed by atoms with Crippen LogP contribution in [0.15, 0.2) is 0 Å². The largest absolute Gasteiger partial charge is 0.367 e. The molecule has 0 bridgehead atoms. The fourth-order valence-corrected chi connectivity index (χ4v) is 2.14. The summed E-state index contributed by atoms with van der Waals surface area (Å²) in [6.07, 6.45) is 3.45. The second-order valence-electron chi connectivity index (χ2n) is 4.43. The predicted molar refractivity (Wildman–Crippen MR) is 72.0 cm³/mol. The number of piperidine rings is 1. The standard InChI is InChI=1S/C14H26N2O/c1-3-5-6-12-17-13-11-16-9-7-14(8-10-16)15-4-2/h14-15H,3-4,7-13H2,1-2H3. The zero-order valence-corrected chi connectivity index (χ0v) is 11.3. The van der Waals surface area contributed by atoms with Crippen LogP contribution in [0.2, 0.25) is 0 Å². The normalized spacial score (nSPS) is 17.8. The molecule has 0 aliphatic carbocycles. The molecule has 0 atom stereocenters. The van der Waals surface area contributed by atoms with Crippen molar-refractivity contribution in [2.24, 2.45) is 0 Å². The van der Waals surface area contributed by atoms with Crippen LogP contribution in [0.4, 0.5) is 0 Å². The molecule has 0 radical (unpaired) electrons. The van der Waals surface area contributed by atoms with Crippen molar-refractivity contribution in [2.75, 3.05) is 39.4 Å². The van der Waals surface area contributed by atoms with Crippen molar-refractivity contribution >= 4 is 0 Å². The predicted octanol–water partition coefficient (Wildman–Crippen LogP) is 1.49. The third-order valence-corrected chi connectivity index (χ3v) is 3.11. The van der Waals surface area contributed by atoms with Crippen LogP contribution in [0.1, 0.15) is 33.1 Å². The molecule has 0 saturated carbocycles. The fraction of sp³-hybridized carbons (Fsp3) is 0.857. The van der Waals surface area contributed by atoms with Gasteiger partial charge in [0.1, 0.15) is 6.61 Å². The van der Waals surface area contributed by atoms with Crippen LogP contribution in [0, 0.1) is 11.8 Å². The van der Waals surface area contributed by atoms with Gasteiger partial charge in [-0.05, 0) is 32.5 Å². The number of nitrogens with zero attached hydrogens (tertiary/aromatic N) is 1. The molecular weight excluding hydrogens is 212 g/mol. The van der Waals surface area contributed by atoms with Crippen LogP contribution in [0.5, 0.6) is 0 Å². The SMILES string of the molecule is CCC#CCOCCN1CCC(NCC)CC1. The third kappa shape index (κ3) is 6.68. The Morgan fingerprint density at radius 3 is 2.65 bits per heavy atom. The average Bonchev–Trinajstić information content (AvgIpc) is 2.36. The van der Waals surface area contributed by atoms with Crippen LogP contribution in [-0.2, 0) is 4.74 Å².